The summed E-state index contributed by atoms with van der Waals surface area (Å²) in [6.07, 6.45) is 3.67. The lowest BCUT2D eigenvalue weighted by Crippen LogP contribution is -2.41. The maximum atomic E-state index is 12.5. The summed E-state index contributed by atoms with van der Waals surface area (Å²) >= 11 is 0. The molecule has 1 saturated heterocycles. The highest BCUT2D eigenvalue weighted by atomic mass is 16.5. The molecule has 6 nitrogen and oxygen atoms in total. The zero-order valence-electron chi connectivity index (χ0n) is 15.3. The molecular formula is C20H25N3O3. The molecule has 1 fully saturated rings. The third-order valence-corrected chi connectivity index (χ3v) is 4.57. The molecule has 1 unspecified atom stereocenters. The minimum absolute atomic E-state index is 0.0454. The van der Waals surface area contributed by atoms with Gasteiger partial charge in [-0.15, -0.1) is 0 Å². The Morgan fingerprint density at radius 3 is 2.85 bits per heavy atom. The van der Waals surface area contributed by atoms with Gasteiger partial charge in [0.05, 0.1) is 13.0 Å². The Bertz CT molecular complexity index is 751. The normalized spacial score (nSPS) is 17.5. The fourth-order valence-electron chi connectivity index (χ4n) is 3.16. The van der Waals surface area contributed by atoms with Gasteiger partial charge in [-0.25, -0.2) is 4.98 Å². The molecule has 2 aromatic rings. The molecule has 0 aliphatic carbocycles. The fraction of sp³-hybridized carbons (Fsp3) is 0.400. The van der Waals surface area contributed by atoms with E-state index in [9.17, 15) is 4.79 Å². The first-order valence-corrected chi connectivity index (χ1v) is 8.88. The van der Waals surface area contributed by atoms with E-state index in [1.165, 1.54) is 0 Å². The van der Waals surface area contributed by atoms with Crippen LogP contribution < -0.4 is 14.8 Å². The Morgan fingerprint density at radius 1 is 1.27 bits per heavy atom. The molecule has 0 bridgehead atoms. The number of para-hydroxylation sites is 2. The van der Waals surface area contributed by atoms with Crippen LogP contribution >= 0.6 is 0 Å². The predicted molar refractivity (Wildman–Crippen MR) is 99.4 cm³/mol. The molecule has 1 aliphatic heterocycles. The second kappa shape index (κ2) is 8.67. The third-order valence-electron chi connectivity index (χ3n) is 4.57. The van der Waals surface area contributed by atoms with Crippen molar-refractivity contribution in [3.05, 3.63) is 48.2 Å². The van der Waals surface area contributed by atoms with Crippen molar-refractivity contribution in [2.45, 2.75) is 19.4 Å². The number of pyridine rings is 1. The van der Waals surface area contributed by atoms with Gasteiger partial charge in [-0.1, -0.05) is 18.2 Å². The number of amides is 1. The molecule has 1 atom stereocenters. The highest BCUT2D eigenvalue weighted by Crippen LogP contribution is 2.31. The number of hydrogen-bond acceptors (Lipinski definition) is 5. The van der Waals surface area contributed by atoms with Gasteiger partial charge in [0.2, 0.25) is 11.8 Å². The largest absolute Gasteiger partial charge is 0.493 e. The van der Waals surface area contributed by atoms with Gasteiger partial charge >= 0.3 is 0 Å². The number of carbonyl (C=O) groups excluding carboxylic acids is 1. The number of ether oxygens (including phenoxy) is 2. The highest BCUT2D eigenvalue weighted by Gasteiger charge is 2.23. The number of piperidine rings is 1. The first-order chi connectivity index (χ1) is 12.7. The molecule has 2 heterocycles. The lowest BCUT2D eigenvalue weighted by Gasteiger charge is -2.28. The van der Waals surface area contributed by atoms with Crippen molar-refractivity contribution in [2.24, 2.45) is 5.92 Å². The average molecular weight is 355 g/mol. The lowest BCUT2D eigenvalue weighted by atomic mass is 9.97. The van der Waals surface area contributed by atoms with E-state index in [2.05, 4.69) is 22.2 Å². The fourth-order valence-corrected chi connectivity index (χ4v) is 3.16. The van der Waals surface area contributed by atoms with E-state index in [0.717, 1.165) is 31.5 Å². The Morgan fingerprint density at radius 2 is 2.08 bits per heavy atom. The summed E-state index contributed by atoms with van der Waals surface area (Å²) in [5, 5.41) is 3.03. The summed E-state index contributed by atoms with van der Waals surface area (Å²) in [6, 6.07) is 11.2. The van der Waals surface area contributed by atoms with Gasteiger partial charge in [-0.3, -0.25) is 4.79 Å². The lowest BCUT2D eigenvalue weighted by molar-refractivity contribution is -0.126. The van der Waals surface area contributed by atoms with Crippen molar-refractivity contribution >= 4 is 5.91 Å². The van der Waals surface area contributed by atoms with E-state index in [1.54, 1.807) is 13.3 Å². The summed E-state index contributed by atoms with van der Waals surface area (Å²) in [6.45, 7) is 2.25. The number of rotatable bonds is 6. The summed E-state index contributed by atoms with van der Waals surface area (Å²) in [5.41, 5.74) is 0.830. The van der Waals surface area contributed by atoms with Crippen LogP contribution in [0.1, 0.15) is 18.4 Å². The number of methoxy groups -OCH3 is 1. The van der Waals surface area contributed by atoms with Crippen LogP contribution in [0.25, 0.3) is 0 Å². The molecule has 1 N–H and O–H groups in total. The van der Waals surface area contributed by atoms with E-state index in [0.29, 0.717) is 23.9 Å². The van der Waals surface area contributed by atoms with Gasteiger partial charge in [0.15, 0.2) is 11.5 Å². The minimum atomic E-state index is 0.0454. The van der Waals surface area contributed by atoms with Crippen LogP contribution in [0.15, 0.2) is 42.6 Å². The second-order valence-corrected chi connectivity index (χ2v) is 6.54. The average Bonchev–Trinajstić information content (AvgIpc) is 2.67. The van der Waals surface area contributed by atoms with Gasteiger partial charge in [-0.05, 0) is 44.6 Å². The summed E-state index contributed by atoms with van der Waals surface area (Å²) < 4.78 is 11.2. The Labute approximate surface area is 154 Å². The first-order valence-electron chi connectivity index (χ1n) is 8.88. The van der Waals surface area contributed by atoms with E-state index in [4.69, 9.17) is 9.47 Å². The van der Waals surface area contributed by atoms with E-state index in [-0.39, 0.29) is 11.8 Å². The molecule has 26 heavy (non-hydrogen) atoms. The maximum Gasteiger partial charge on any atom is 0.224 e. The van der Waals surface area contributed by atoms with Crippen LogP contribution in [-0.2, 0) is 11.3 Å². The number of nitrogens with one attached hydrogen (secondary N) is 1. The predicted octanol–water partition coefficient (Wildman–Crippen LogP) is 2.84. The molecule has 138 valence electrons. The maximum absolute atomic E-state index is 12.5. The van der Waals surface area contributed by atoms with Crippen molar-refractivity contribution in [2.75, 3.05) is 27.2 Å². The van der Waals surface area contributed by atoms with Gasteiger partial charge < -0.3 is 19.7 Å². The standard InChI is InChI=1S/C20H25N3O3/c1-23-12-6-8-16(14-23)19(24)22-13-15-7-5-11-21-20(15)26-18-10-4-3-9-17(18)25-2/h3-5,7,9-11,16H,6,8,12-14H2,1-2H3,(H,22,24). The summed E-state index contributed by atoms with van der Waals surface area (Å²) in [5.74, 6) is 1.83. The molecule has 0 spiro atoms. The monoisotopic (exact) mass is 355 g/mol. The van der Waals surface area contributed by atoms with Crippen LogP contribution in [0.3, 0.4) is 0 Å². The topological polar surface area (TPSA) is 63.7 Å². The van der Waals surface area contributed by atoms with Crippen molar-refractivity contribution in [1.29, 1.82) is 0 Å². The molecule has 6 heteroatoms. The van der Waals surface area contributed by atoms with Gasteiger partial charge in [0, 0.05) is 24.8 Å². The quantitative estimate of drug-likeness (QED) is 0.863. The van der Waals surface area contributed by atoms with Crippen LogP contribution in [0.2, 0.25) is 0 Å². The van der Waals surface area contributed by atoms with Gasteiger partial charge in [0.1, 0.15) is 0 Å². The molecule has 3 rings (SSSR count). The highest BCUT2D eigenvalue weighted by molar-refractivity contribution is 5.79. The number of hydrogen-bond donors (Lipinski definition) is 1. The Kier molecular flexibility index (Phi) is 6.07. The Balaban J connectivity index is 1.66. The van der Waals surface area contributed by atoms with Gasteiger partial charge in [0.25, 0.3) is 0 Å². The van der Waals surface area contributed by atoms with Crippen molar-refractivity contribution in [3.63, 3.8) is 0 Å². The number of likely N-dealkylation sites (tertiary alicyclic amines) is 1. The Hall–Kier alpha value is -2.60. The van der Waals surface area contributed by atoms with E-state index >= 15 is 0 Å². The van der Waals surface area contributed by atoms with Crippen molar-refractivity contribution in [3.8, 4) is 17.4 Å². The number of carbonyl (C=O) groups is 1. The zero-order valence-corrected chi connectivity index (χ0v) is 15.3. The molecule has 1 aromatic carbocycles. The SMILES string of the molecule is COc1ccccc1Oc1ncccc1CNC(=O)C1CCCN(C)C1. The summed E-state index contributed by atoms with van der Waals surface area (Å²) in [4.78, 5) is 19.0. The minimum Gasteiger partial charge on any atom is -0.493 e. The van der Waals surface area contributed by atoms with Crippen molar-refractivity contribution < 1.29 is 14.3 Å². The van der Waals surface area contributed by atoms with Crippen LogP contribution in [0, 0.1) is 5.92 Å². The third kappa shape index (κ3) is 4.52. The first kappa shape index (κ1) is 18.2. The molecular weight excluding hydrogens is 330 g/mol. The van der Waals surface area contributed by atoms with Crippen LogP contribution in [0.4, 0.5) is 0 Å². The molecule has 1 aromatic heterocycles. The van der Waals surface area contributed by atoms with E-state index in [1.807, 2.05) is 36.4 Å². The smallest absolute Gasteiger partial charge is 0.224 e. The van der Waals surface area contributed by atoms with Crippen molar-refractivity contribution in [1.82, 2.24) is 15.2 Å². The molecule has 0 saturated carbocycles. The molecule has 1 aliphatic rings. The number of benzene rings is 1. The summed E-state index contributed by atoms with van der Waals surface area (Å²) in [7, 11) is 3.66. The molecule has 1 amide bonds. The number of aromatic nitrogens is 1. The van der Waals surface area contributed by atoms with Crippen LogP contribution in [-0.4, -0.2) is 43.0 Å². The number of nitrogens with zero attached hydrogens (tertiary/aromatic N) is 2. The van der Waals surface area contributed by atoms with Crippen LogP contribution in [0.5, 0.6) is 17.4 Å². The zero-order chi connectivity index (χ0) is 18.4. The van der Waals surface area contributed by atoms with Gasteiger partial charge in [-0.2, -0.15) is 0 Å². The second-order valence-electron chi connectivity index (χ2n) is 6.54. The molecule has 0 radical (unpaired) electrons. The van der Waals surface area contributed by atoms with E-state index < -0.39 is 0 Å².